The van der Waals surface area contributed by atoms with Gasteiger partial charge in [-0.15, -0.1) is 0 Å². The lowest BCUT2D eigenvalue weighted by Crippen LogP contribution is -2.05. The Balaban J connectivity index is 2.18. The number of rotatable bonds is 5. The van der Waals surface area contributed by atoms with Gasteiger partial charge in [0.25, 0.3) is 0 Å². The minimum Gasteiger partial charge on any atom is -0.495 e. The molecule has 0 amide bonds. The number of ether oxygens (including phenoxy) is 2. The van der Waals surface area contributed by atoms with Gasteiger partial charge >= 0.3 is 5.97 Å². The van der Waals surface area contributed by atoms with Crippen molar-refractivity contribution in [3.63, 3.8) is 0 Å². The number of carbonyl (C=O) groups is 1. The normalized spacial score (nSPS) is 10.3. The third kappa shape index (κ3) is 3.16. The maximum atomic E-state index is 11.5. The highest BCUT2D eigenvalue weighted by molar-refractivity contribution is 5.90. The minimum absolute atomic E-state index is 0.398. The Hall–Kier alpha value is -2.50. The van der Waals surface area contributed by atoms with E-state index in [0.29, 0.717) is 17.9 Å². The van der Waals surface area contributed by atoms with Gasteiger partial charge in [0.2, 0.25) is 0 Å². The summed E-state index contributed by atoms with van der Waals surface area (Å²) in [6, 6.07) is 5.11. The first-order valence-corrected chi connectivity index (χ1v) is 6.48. The van der Waals surface area contributed by atoms with E-state index in [0.717, 1.165) is 22.7 Å². The van der Waals surface area contributed by atoms with Crippen molar-refractivity contribution in [3.05, 3.63) is 40.8 Å². The highest BCUT2D eigenvalue weighted by Crippen LogP contribution is 2.27. The van der Waals surface area contributed by atoms with E-state index in [1.54, 1.807) is 25.3 Å². The molecule has 0 aliphatic heterocycles. The van der Waals surface area contributed by atoms with Crippen LogP contribution in [0.3, 0.4) is 0 Å². The van der Waals surface area contributed by atoms with Gasteiger partial charge in [-0.25, -0.2) is 4.79 Å². The van der Waals surface area contributed by atoms with E-state index >= 15 is 0 Å². The second kappa shape index (κ2) is 6.30. The van der Waals surface area contributed by atoms with Crippen LogP contribution >= 0.6 is 0 Å². The van der Waals surface area contributed by atoms with Gasteiger partial charge in [-0.05, 0) is 32.0 Å². The van der Waals surface area contributed by atoms with E-state index in [1.807, 2.05) is 13.8 Å². The molecule has 21 heavy (non-hydrogen) atoms. The number of methoxy groups -OCH3 is 2. The van der Waals surface area contributed by atoms with Crippen molar-refractivity contribution in [2.45, 2.75) is 20.4 Å². The largest absolute Gasteiger partial charge is 0.495 e. The standard InChI is InChI=1S/C15H18N2O4/c1-9-12(10(2)21-17-9)8-16-13-6-5-11(15(18)20-4)7-14(13)19-3/h5-7,16H,8H2,1-4H3. The summed E-state index contributed by atoms with van der Waals surface area (Å²) >= 11 is 0. The average Bonchev–Trinajstić information content (AvgIpc) is 2.83. The summed E-state index contributed by atoms with van der Waals surface area (Å²) in [4.78, 5) is 11.5. The third-order valence-corrected chi connectivity index (χ3v) is 3.26. The average molecular weight is 290 g/mol. The zero-order valence-corrected chi connectivity index (χ0v) is 12.5. The second-order valence-electron chi connectivity index (χ2n) is 4.56. The Kier molecular flexibility index (Phi) is 4.47. The van der Waals surface area contributed by atoms with Gasteiger partial charge in [0.1, 0.15) is 11.5 Å². The second-order valence-corrected chi connectivity index (χ2v) is 4.56. The number of benzene rings is 1. The van der Waals surface area contributed by atoms with E-state index < -0.39 is 5.97 Å². The Bertz CT molecular complexity index is 630. The molecular weight excluding hydrogens is 272 g/mol. The molecule has 1 aromatic carbocycles. The number of carbonyl (C=O) groups excluding carboxylic acids is 1. The van der Waals surface area contributed by atoms with Gasteiger partial charge in [-0.2, -0.15) is 0 Å². The predicted octanol–water partition coefficient (Wildman–Crippen LogP) is 2.70. The van der Waals surface area contributed by atoms with Crippen LogP contribution in [0.25, 0.3) is 0 Å². The number of nitrogens with zero attached hydrogens (tertiary/aromatic N) is 1. The molecule has 2 rings (SSSR count). The molecule has 0 aliphatic carbocycles. The zero-order chi connectivity index (χ0) is 15.4. The summed E-state index contributed by atoms with van der Waals surface area (Å²) < 4.78 is 15.1. The van der Waals surface area contributed by atoms with Crippen molar-refractivity contribution in [1.82, 2.24) is 5.16 Å². The van der Waals surface area contributed by atoms with E-state index in [9.17, 15) is 4.79 Å². The molecule has 0 saturated heterocycles. The number of aryl methyl sites for hydroxylation is 2. The SMILES string of the molecule is COC(=O)c1ccc(NCc2c(C)noc2C)c(OC)c1. The van der Waals surface area contributed by atoms with Gasteiger partial charge in [0, 0.05) is 12.1 Å². The molecule has 0 spiro atoms. The fourth-order valence-electron chi connectivity index (χ4n) is 2.02. The lowest BCUT2D eigenvalue weighted by atomic mass is 10.1. The summed E-state index contributed by atoms with van der Waals surface area (Å²) in [7, 11) is 2.90. The summed E-state index contributed by atoms with van der Waals surface area (Å²) in [5.41, 5.74) is 3.08. The first kappa shape index (κ1) is 14.9. The van der Waals surface area contributed by atoms with Crippen LogP contribution in [0.4, 0.5) is 5.69 Å². The minimum atomic E-state index is -0.398. The number of hydrogen-bond donors (Lipinski definition) is 1. The van der Waals surface area contributed by atoms with Gasteiger partial charge in [0.15, 0.2) is 0 Å². The van der Waals surface area contributed by atoms with Crippen molar-refractivity contribution < 1.29 is 18.8 Å². The quantitative estimate of drug-likeness (QED) is 0.853. The molecular formula is C15H18N2O4. The number of esters is 1. The van der Waals surface area contributed by atoms with Crippen LogP contribution in [0.5, 0.6) is 5.75 Å². The van der Waals surface area contributed by atoms with Crippen LogP contribution in [0.15, 0.2) is 22.7 Å². The number of aromatic nitrogens is 1. The topological polar surface area (TPSA) is 73.6 Å². The highest BCUT2D eigenvalue weighted by atomic mass is 16.5. The van der Waals surface area contributed by atoms with E-state index in [-0.39, 0.29) is 0 Å². The first-order valence-electron chi connectivity index (χ1n) is 6.48. The zero-order valence-electron chi connectivity index (χ0n) is 12.5. The van der Waals surface area contributed by atoms with Gasteiger partial charge in [-0.3, -0.25) is 0 Å². The highest BCUT2D eigenvalue weighted by Gasteiger charge is 2.12. The van der Waals surface area contributed by atoms with Crippen molar-refractivity contribution in [2.75, 3.05) is 19.5 Å². The molecule has 6 nitrogen and oxygen atoms in total. The van der Waals surface area contributed by atoms with Crippen LogP contribution in [0.2, 0.25) is 0 Å². The Morgan fingerprint density at radius 3 is 2.67 bits per heavy atom. The van der Waals surface area contributed by atoms with Crippen molar-refractivity contribution >= 4 is 11.7 Å². The van der Waals surface area contributed by atoms with Gasteiger partial charge in [-0.1, -0.05) is 5.16 Å². The first-order chi connectivity index (χ1) is 10.1. The maximum absolute atomic E-state index is 11.5. The number of anilines is 1. The smallest absolute Gasteiger partial charge is 0.337 e. The summed E-state index contributed by atoms with van der Waals surface area (Å²) in [5.74, 6) is 0.959. The molecule has 0 atom stereocenters. The summed E-state index contributed by atoms with van der Waals surface area (Å²) in [6.07, 6.45) is 0. The molecule has 0 saturated carbocycles. The molecule has 0 unspecified atom stereocenters. The molecule has 112 valence electrons. The molecule has 1 heterocycles. The molecule has 0 bridgehead atoms. The molecule has 0 radical (unpaired) electrons. The molecule has 0 fully saturated rings. The van der Waals surface area contributed by atoms with Crippen LogP contribution in [-0.4, -0.2) is 25.3 Å². The predicted molar refractivity (Wildman–Crippen MR) is 77.6 cm³/mol. The Labute approximate surface area is 123 Å². The van der Waals surface area contributed by atoms with Crippen LogP contribution < -0.4 is 10.1 Å². The lowest BCUT2D eigenvalue weighted by molar-refractivity contribution is 0.0600. The van der Waals surface area contributed by atoms with E-state index in [4.69, 9.17) is 14.0 Å². The Morgan fingerprint density at radius 1 is 1.33 bits per heavy atom. The Morgan fingerprint density at radius 2 is 2.10 bits per heavy atom. The van der Waals surface area contributed by atoms with Gasteiger partial charge in [0.05, 0.1) is 31.2 Å². The van der Waals surface area contributed by atoms with Crippen molar-refractivity contribution in [1.29, 1.82) is 0 Å². The summed E-state index contributed by atoms with van der Waals surface area (Å²) in [5, 5.41) is 7.17. The van der Waals surface area contributed by atoms with E-state index in [1.165, 1.54) is 7.11 Å². The fraction of sp³-hybridized carbons (Fsp3) is 0.333. The van der Waals surface area contributed by atoms with Crippen LogP contribution in [0, 0.1) is 13.8 Å². The van der Waals surface area contributed by atoms with Gasteiger partial charge < -0.3 is 19.3 Å². The monoisotopic (exact) mass is 290 g/mol. The summed E-state index contributed by atoms with van der Waals surface area (Å²) in [6.45, 7) is 4.33. The molecule has 1 N–H and O–H groups in total. The third-order valence-electron chi connectivity index (χ3n) is 3.26. The lowest BCUT2D eigenvalue weighted by Gasteiger charge is -2.12. The van der Waals surface area contributed by atoms with Crippen LogP contribution in [0.1, 0.15) is 27.4 Å². The molecule has 2 aromatic rings. The molecule has 0 aliphatic rings. The molecule has 6 heteroatoms. The number of hydrogen-bond acceptors (Lipinski definition) is 6. The van der Waals surface area contributed by atoms with Crippen LogP contribution in [-0.2, 0) is 11.3 Å². The van der Waals surface area contributed by atoms with E-state index in [2.05, 4.69) is 10.5 Å². The van der Waals surface area contributed by atoms with Crippen molar-refractivity contribution in [2.24, 2.45) is 0 Å². The maximum Gasteiger partial charge on any atom is 0.337 e. The fourth-order valence-corrected chi connectivity index (χ4v) is 2.02. The van der Waals surface area contributed by atoms with Crippen molar-refractivity contribution in [3.8, 4) is 5.75 Å². The number of nitrogens with one attached hydrogen (secondary N) is 1. The molecule has 1 aromatic heterocycles.